The minimum atomic E-state index is -0.880. The van der Waals surface area contributed by atoms with Gasteiger partial charge >= 0.3 is 6.09 Å². The molecule has 0 saturated carbocycles. The molecular weight excluding hydrogens is 412 g/mol. The Morgan fingerprint density at radius 1 is 1.15 bits per heavy atom. The number of hydrogen-bond acceptors (Lipinski definition) is 3. The number of nitrogens with one attached hydrogen (secondary N) is 1. The molecule has 1 saturated heterocycles. The first-order valence-electron chi connectivity index (χ1n) is 12.3. The largest absolute Gasteiger partial charge is 0.465 e. The summed E-state index contributed by atoms with van der Waals surface area (Å²) in [7, 11) is 0. The molecule has 1 fully saturated rings. The monoisotopic (exact) mass is 446 g/mol. The van der Waals surface area contributed by atoms with Gasteiger partial charge in [0.2, 0.25) is 0 Å². The van der Waals surface area contributed by atoms with Crippen LogP contribution in [0.15, 0.2) is 42.5 Å². The lowest BCUT2D eigenvalue weighted by Crippen LogP contribution is -2.41. The summed E-state index contributed by atoms with van der Waals surface area (Å²) in [6, 6.07) is 15.2. The number of nitrogens with zero attached hydrogens (tertiary/aromatic N) is 3. The molecule has 2 N–H and O–H groups in total. The number of anilines is 1. The Bertz CT molecular complexity index is 1130. The summed E-state index contributed by atoms with van der Waals surface area (Å²) in [5, 5.41) is 13.4. The molecule has 33 heavy (non-hydrogen) atoms. The van der Waals surface area contributed by atoms with E-state index in [1.807, 2.05) is 13.0 Å². The fourth-order valence-electron chi connectivity index (χ4n) is 5.76. The number of amides is 1. The van der Waals surface area contributed by atoms with Crippen LogP contribution in [0.2, 0.25) is 0 Å². The first kappa shape index (κ1) is 22.0. The Morgan fingerprint density at radius 2 is 1.97 bits per heavy atom. The third-order valence-electron chi connectivity index (χ3n) is 7.42. The van der Waals surface area contributed by atoms with Gasteiger partial charge in [-0.1, -0.05) is 37.3 Å². The zero-order valence-electron chi connectivity index (χ0n) is 19.6. The van der Waals surface area contributed by atoms with Gasteiger partial charge in [0.15, 0.2) is 0 Å². The number of benzene rings is 2. The molecule has 0 radical (unpaired) electrons. The maximum absolute atomic E-state index is 12.0. The van der Waals surface area contributed by atoms with Crippen molar-refractivity contribution in [3.63, 3.8) is 0 Å². The van der Waals surface area contributed by atoms with E-state index in [9.17, 15) is 9.90 Å². The zero-order chi connectivity index (χ0) is 22.9. The molecule has 2 aromatic carbocycles. The molecule has 1 aromatic heterocycles. The summed E-state index contributed by atoms with van der Waals surface area (Å²) in [6.45, 7) is 6.36. The first-order valence-corrected chi connectivity index (χ1v) is 12.3. The Hall–Kier alpha value is -2.86. The van der Waals surface area contributed by atoms with Gasteiger partial charge < -0.3 is 15.0 Å². The molecule has 1 amide bonds. The number of imidazole rings is 1. The van der Waals surface area contributed by atoms with Gasteiger partial charge in [-0.15, -0.1) is 0 Å². The summed E-state index contributed by atoms with van der Waals surface area (Å²) in [6.07, 6.45) is 5.14. The van der Waals surface area contributed by atoms with Crippen LogP contribution in [-0.4, -0.2) is 39.9 Å². The first-order chi connectivity index (χ1) is 16.0. The van der Waals surface area contributed by atoms with Crippen molar-refractivity contribution in [2.45, 2.75) is 70.4 Å². The molecule has 3 aromatic rings. The van der Waals surface area contributed by atoms with Crippen LogP contribution >= 0.6 is 0 Å². The van der Waals surface area contributed by atoms with Crippen LogP contribution < -0.4 is 10.2 Å². The maximum Gasteiger partial charge on any atom is 0.412 e. The van der Waals surface area contributed by atoms with E-state index in [2.05, 4.69) is 53.2 Å². The van der Waals surface area contributed by atoms with Crippen LogP contribution in [0.1, 0.15) is 68.4 Å². The highest BCUT2D eigenvalue weighted by atomic mass is 16.4. The smallest absolute Gasteiger partial charge is 0.412 e. The van der Waals surface area contributed by atoms with Crippen LogP contribution in [0.5, 0.6) is 0 Å². The number of fused-ring (bicyclic) bond motifs is 3. The maximum atomic E-state index is 12.0. The Labute approximate surface area is 195 Å². The molecule has 0 spiro atoms. The van der Waals surface area contributed by atoms with Crippen LogP contribution in [-0.2, 0) is 12.8 Å². The van der Waals surface area contributed by atoms with E-state index in [0.29, 0.717) is 6.04 Å². The van der Waals surface area contributed by atoms with Gasteiger partial charge in [0.1, 0.15) is 5.82 Å². The number of carboxylic acid groups (broad SMARTS) is 1. The molecule has 3 heterocycles. The van der Waals surface area contributed by atoms with Gasteiger partial charge in [0.05, 0.1) is 16.7 Å². The number of aryl methyl sites for hydroxylation is 1. The summed E-state index contributed by atoms with van der Waals surface area (Å²) >= 11 is 0. The van der Waals surface area contributed by atoms with Gasteiger partial charge in [-0.3, -0.25) is 4.90 Å². The second-order valence-corrected chi connectivity index (χ2v) is 9.74. The molecule has 0 aliphatic carbocycles. The summed E-state index contributed by atoms with van der Waals surface area (Å²) < 4.78 is 2.50. The SMILES string of the molecule is CC(Cc1ccccc1)c1nc2c3c(ccc2n1[C@H]1CCCNCC1)N(C(=O)O)[C@@H](C)CC3. The van der Waals surface area contributed by atoms with Crippen molar-refractivity contribution in [2.24, 2.45) is 0 Å². The Kier molecular flexibility index (Phi) is 6.11. The van der Waals surface area contributed by atoms with Crippen molar-refractivity contribution in [2.75, 3.05) is 18.0 Å². The van der Waals surface area contributed by atoms with Gasteiger partial charge in [-0.2, -0.15) is 0 Å². The van der Waals surface area contributed by atoms with E-state index in [1.165, 1.54) is 10.5 Å². The van der Waals surface area contributed by atoms with Crippen molar-refractivity contribution >= 4 is 22.8 Å². The third kappa shape index (κ3) is 4.12. The van der Waals surface area contributed by atoms with Crippen LogP contribution in [0.3, 0.4) is 0 Å². The average molecular weight is 447 g/mol. The summed E-state index contributed by atoms with van der Waals surface area (Å²) in [5.41, 5.74) is 5.38. The number of carbonyl (C=O) groups is 1. The fraction of sp³-hybridized carbons (Fsp3) is 0.481. The van der Waals surface area contributed by atoms with Crippen molar-refractivity contribution in [1.29, 1.82) is 0 Å². The van der Waals surface area contributed by atoms with Gasteiger partial charge in [0, 0.05) is 23.6 Å². The molecular formula is C27H34N4O2. The molecule has 2 aliphatic rings. The van der Waals surface area contributed by atoms with Gasteiger partial charge in [-0.25, -0.2) is 9.78 Å². The van der Waals surface area contributed by atoms with Crippen LogP contribution in [0.25, 0.3) is 11.0 Å². The van der Waals surface area contributed by atoms with Crippen molar-refractivity contribution < 1.29 is 9.90 Å². The lowest BCUT2D eigenvalue weighted by Gasteiger charge is -2.33. The lowest BCUT2D eigenvalue weighted by molar-refractivity contribution is 0.198. The van der Waals surface area contributed by atoms with Gasteiger partial charge in [-0.05, 0) is 76.2 Å². The topological polar surface area (TPSA) is 70.4 Å². The molecule has 6 heteroatoms. The van der Waals surface area contributed by atoms with E-state index in [1.54, 1.807) is 0 Å². The predicted octanol–water partition coefficient (Wildman–Crippen LogP) is 5.52. The minimum Gasteiger partial charge on any atom is -0.465 e. The quantitative estimate of drug-likeness (QED) is 0.554. The highest BCUT2D eigenvalue weighted by Gasteiger charge is 2.32. The molecule has 5 rings (SSSR count). The Balaban J connectivity index is 1.64. The van der Waals surface area contributed by atoms with Gasteiger partial charge in [0.25, 0.3) is 0 Å². The van der Waals surface area contributed by atoms with Crippen molar-refractivity contribution in [3.8, 4) is 0 Å². The number of hydrogen-bond donors (Lipinski definition) is 2. The standard InChI is InChI=1S/C27H34N4O2/c1-18(17-20-7-4-3-5-8-20)26-29-25-22-11-10-19(2)30(27(32)33)23(22)12-13-24(25)31(26)21-9-6-15-28-16-14-21/h3-5,7-8,12-13,18-19,21,28H,6,9-11,14-17H2,1-2H3,(H,32,33)/t18?,19-,21-/m0/s1. The van der Waals surface area contributed by atoms with E-state index in [-0.39, 0.29) is 12.0 Å². The Morgan fingerprint density at radius 3 is 2.76 bits per heavy atom. The van der Waals surface area contributed by atoms with Crippen molar-refractivity contribution in [1.82, 2.24) is 14.9 Å². The van der Waals surface area contributed by atoms with Crippen molar-refractivity contribution in [3.05, 3.63) is 59.4 Å². The second kappa shape index (κ2) is 9.18. The molecule has 1 unspecified atom stereocenters. The normalized spacial score (nSPS) is 22.1. The third-order valence-corrected chi connectivity index (χ3v) is 7.42. The molecule has 0 bridgehead atoms. The number of aromatic nitrogens is 2. The van der Waals surface area contributed by atoms with E-state index in [0.717, 1.165) is 79.7 Å². The van der Waals surface area contributed by atoms with E-state index in [4.69, 9.17) is 4.98 Å². The van der Waals surface area contributed by atoms with E-state index >= 15 is 0 Å². The summed E-state index contributed by atoms with van der Waals surface area (Å²) in [4.78, 5) is 18.8. The van der Waals surface area contributed by atoms with Crippen LogP contribution in [0, 0.1) is 0 Å². The average Bonchev–Trinajstić information content (AvgIpc) is 2.99. The molecule has 2 aliphatic heterocycles. The molecule has 174 valence electrons. The lowest BCUT2D eigenvalue weighted by atomic mass is 9.95. The predicted molar refractivity (Wildman–Crippen MR) is 132 cm³/mol. The summed E-state index contributed by atoms with van der Waals surface area (Å²) in [5.74, 6) is 1.40. The minimum absolute atomic E-state index is 0.0149. The molecule has 6 nitrogen and oxygen atoms in total. The molecule has 3 atom stereocenters. The van der Waals surface area contributed by atoms with E-state index < -0.39 is 6.09 Å². The fourth-order valence-corrected chi connectivity index (χ4v) is 5.76. The zero-order valence-corrected chi connectivity index (χ0v) is 19.6. The number of rotatable bonds is 4. The van der Waals surface area contributed by atoms with Crippen LogP contribution in [0.4, 0.5) is 10.5 Å². The highest BCUT2D eigenvalue weighted by Crippen LogP contribution is 2.39. The second-order valence-electron chi connectivity index (χ2n) is 9.74. The highest BCUT2D eigenvalue weighted by molar-refractivity contribution is 5.94.